The molecule has 15 heavy (non-hydrogen) atoms. The fraction of sp³-hybridized carbons (Fsp3) is 0.667. The van der Waals surface area contributed by atoms with E-state index >= 15 is 0 Å². The monoisotopic (exact) mass is 207 g/mol. The van der Waals surface area contributed by atoms with Crippen molar-refractivity contribution >= 4 is 11.7 Å². The lowest BCUT2D eigenvalue weighted by Gasteiger charge is -2.18. The Balaban J connectivity index is 2.39. The van der Waals surface area contributed by atoms with Crippen molar-refractivity contribution in [1.29, 1.82) is 0 Å². The van der Waals surface area contributed by atoms with Gasteiger partial charge in [-0.1, -0.05) is 5.57 Å². The summed E-state index contributed by atoms with van der Waals surface area (Å²) in [5, 5.41) is 9.15. The summed E-state index contributed by atoms with van der Waals surface area (Å²) in [6, 6.07) is 0.154. The van der Waals surface area contributed by atoms with Gasteiger partial charge in [0.2, 0.25) is 0 Å². The number of aliphatic imine (C=N–C) groups is 1. The third-order valence-corrected chi connectivity index (χ3v) is 3.28. The second kappa shape index (κ2) is 4.17. The number of carbonyl (C=O) groups is 1. The Kier molecular flexibility index (Phi) is 2.89. The van der Waals surface area contributed by atoms with Crippen molar-refractivity contribution in [2.24, 2.45) is 4.99 Å². The van der Waals surface area contributed by atoms with Crippen molar-refractivity contribution in [1.82, 2.24) is 0 Å². The van der Waals surface area contributed by atoms with E-state index in [2.05, 4.69) is 4.99 Å². The first-order valence-electron chi connectivity index (χ1n) is 5.71. The van der Waals surface area contributed by atoms with Gasteiger partial charge in [-0.25, -0.2) is 4.79 Å². The molecule has 3 heteroatoms. The topological polar surface area (TPSA) is 49.7 Å². The summed E-state index contributed by atoms with van der Waals surface area (Å²) in [6.45, 7) is 2.00. The summed E-state index contributed by atoms with van der Waals surface area (Å²) >= 11 is 0. The van der Waals surface area contributed by atoms with Gasteiger partial charge in [0.15, 0.2) is 0 Å². The molecule has 2 rings (SSSR count). The Morgan fingerprint density at radius 3 is 2.80 bits per heavy atom. The molecule has 0 saturated heterocycles. The van der Waals surface area contributed by atoms with Crippen LogP contribution in [0.1, 0.15) is 45.4 Å². The van der Waals surface area contributed by atoms with Crippen molar-refractivity contribution in [2.45, 2.75) is 51.5 Å². The van der Waals surface area contributed by atoms with E-state index in [0.29, 0.717) is 5.71 Å². The zero-order chi connectivity index (χ0) is 10.8. The maximum atomic E-state index is 11.1. The van der Waals surface area contributed by atoms with Crippen LogP contribution in [0.2, 0.25) is 0 Å². The van der Waals surface area contributed by atoms with Gasteiger partial charge in [-0.2, -0.15) is 0 Å². The molecule has 82 valence electrons. The molecule has 1 atom stereocenters. The largest absolute Gasteiger partial charge is 0.477 e. The minimum absolute atomic E-state index is 0.154. The molecule has 0 saturated carbocycles. The van der Waals surface area contributed by atoms with Gasteiger partial charge in [0.25, 0.3) is 0 Å². The van der Waals surface area contributed by atoms with E-state index in [1.807, 2.05) is 6.92 Å². The average molecular weight is 207 g/mol. The fourth-order valence-corrected chi connectivity index (χ4v) is 2.46. The molecule has 0 fully saturated rings. The number of rotatable bonds is 1. The molecule has 1 aliphatic carbocycles. The lowest BCUT2D eigenvalue weighted by Crippen LogP contribution is -2.19. The molecular weight excluding hydrogens is 190 g/mol. The van der Waals surface area contributed by atoms with Crippen LogP contribution < -0.4 is 0 Å². The summed E-state index contributed by atoms with van der Waals surface area (Å²) in [4.78, 5) is 15.5. The van der Waals surface area contributed by atoms with Gasteiger partial charge < -0.3 is 5.11 Å². The van der Waals surface area contributed by atoms with Crippen molar-refractivity contribution in [3.8, 4) is 0 Å². The Morgan fingerprint density at radius 1 is 1.33 bits per heavy atom. The molecule has 0 radical (unpaired) electrons. The normalized spacial score (nSPS) is 26.7. The lowest BCUT2D eigenvalue weighted by molar-refractivity contribution is -0.129. The second-order valence-electron chi connectivity index (χ2n) is 4.46. The van der Waals surface area contributed by atoms with Gasteiger partial charge in [-0.3, -0.25) is 4.99 Å². The Hall–Kier alpha value is -1.12. The number of hydrogen-bond acceptors (Lipinski definition) is 2. The highest BCUT2D eigenvalue weighted by Crippen LogP contribution is 2.32. The van der Waals surface area contributed by atoms with Gasteiger partial charge in [0, 0.05) is 6.04 Å². The maximum Gasteiger partial charge on any atom is 0.354 e. The maximum absolute atomic E-state index is 11.1. The smallest absolute Gasteiger partial charge is 0.354 e. The fourth-order valence-electron chi connectivity index (χ4n) is 2.46. The van der Waals surface area contributed by atoms with Crippen molar-refractivity contribution in [2.75, 3.05) is 0 Å². The number of nitrogens with zero attached hydrogens (tertiary/aromatic N) is 1. The summed E-state index contributed by atoms with van der Waals surface area (Å²) in [6.07, 6.45) is 6.34. The van der Waals surface area contributed by atoms with Crippen LogP contribution in [-0.2, 0) is 4.79 Å². The Labute approximate surface area is 89.9 Å². The zero-order valence-electron chi connectivity index (χ0n) is 9.12. The highest BCUT2D eigenvalue weighted by Gasteiger charge is 2.25. The van der Waals surface area contributed by atoms with E-state index in [4.69, 9.17) is 5.11 Å². The van der Waals surface area contributed by atoms with Crippen molar-refractivity contribution in [3.05, 3.63) is 11.1 Å². The number of aliphatic carboxylic acids is 1. The Morgan fingerprint density at radius 2 is 2.07 bits per heavy atom. The van der Waals surface area contributed by atoms with Gasteiger partial charge in [-0.05, 0) is 51.0 Å². The molecule has 2 aliphatic rings. The van der Waals surface area contributed by atoms with Crippen molar-refractivity contribution < 1.29 is 9.90 Å². The van der Waals surface area contributed by atoms with Crippen LogP contribution in [0.25, 0.3) is 0 Å². The molecule has 1 unspecified atom stereocenters. The predicted molar refractivity (Wildman–Crippen MR) is 59.3 cm³/mol. The average Bonchev–Trinajstić information content (AvgIpc) is 2.39. The highest BCUT2D eigenvalue weighted by atomic mass is 16.4. The van der Waals surface area contributed by atoms with E-state index in [1.54, 1.807) is 0 Å². The molecule has 0 spiro atoms. The van der Waals surface area contributed by atoms with Crippen LogP contribution in [-0.4, -0.2) is 22.8 Å². The first-order valence-corrected chi connectivity index (χ1v) is 5.71. The molecule has 0 amide bonds. The van der Waals surface area contributed by atoms with E-state index in [0.717, 1.165) is 37.7 Å². The Bertz CT molecular complexity index is 342. The van der Waals surface area contributed by atoms with Crippen LogP contribution >= 0.6 is 0 Å². The highest BCUT2D eigenvalue weighted by molar-refractivity contribution is 6.42. The van der Waals surface area contributed by atoms with E-state index in [1.165, 1.54) is 12.0 Å². The molecule has 0 bridgehead atoms. The first kappa shape index (κ1) is 10.4. The first-order chi connectivity index (χ1) is 7.18. The lowest BCUT2D eigenvalue weighted by atomic mass is 9.87. The molecule has 1 aliphatic heterocycles. The minimum atomic E-state index is -0.849. The molecule has 0 aromatic carbocycles. The number of hydrogen-bond donors (Lipinski definition) is 1. The van der Waals surface area contributed by atoms with E-state index in [9.17, 15) is 4.79 Å². The molecule has 0 aromatic heterocycles. The predicted octanol–water partition coefficient (Wildman–Crippen LogP) is 2.56. The molecule has 1 heterocycles. The van der Waals surface area contributed by atoms with Crippen LogP contribution in [0.3, 0.4) is 0 Å². The third-order valence-electron chi connectivity index (χ3n) is 3.28. The molecular formula is C12H17NO2. The summed E-state index contributed by atoms with van der Waals surface area (Å²) in [5.41, 5.74) is 2.74. The number of allylic oxidation sites excluding steroid dienone is 1. The van der Waals surface area contributed by atoms with Crippen molar-refractivity contribution in [3.63, 3.8) is 0 Å². The van der Waals surface area contributed by atoms with E-state index < -0.39 is 5.97 Å². The third kappa shape index (κ3) is 2.11. The van der Waals surface area contributed by atoms with Gasteiger partial charge in [-0.15, -0.1) is 0 Å². The number of carboxylic acid groups (broad SMARTS) is 1. The van der Waals surface area contributed by atoms with Crippen LogP contribution in [0.5, 0.6) is 0 Å². The number of carboxylic acids is 1. The molecule has 3 nitrogen and oxygen atoms in total. The van der Waals surface area contributed by atoms with Gasteiger partial charge in [0.1, 0.15) is 5.71 Å². The summed E-state index contributed by atoms with van der Waals surface area (Å²) < 4.78 is 0. The van der Waals surface area contributed by atoms with Crippen LogP contribution in [0.4, 0.5) is 0 Å². The minimum Gasteiger partial charge on any atom is -0.477 e. The summed E-state index contributed by atoms with van der Waals surface area (Å²) in [5.74, 6) is -0.849. The standard InChI is InChI=1S/C12H17NO2/c1-8-6-7-9-4-2-3-5-10(9)11(13-8)12(14)15/h8H,2-7H2,1H3,(H,14,15). The molecule has 0 aromatic rings. The second-order valence-corrected chi connectivity index (χ2v) is 4.46. The quantitative estimate of drug-likeness (QED) is 0.718. The van der Waals surface area contributed by atoms with Gasteiger partial charge in [0.05, 0.1) is 0 Å². The van der Waals surface area contributed by atoms with Gasteiger partial charge >= 0.3 is 5.97 Å². The SMILES string of the molecule is CC1CCC2=C(CCCC2)C(C(=O)O)=N1. The summed E-state index contributed by atoms with van der Waals surface area (Å²) in [7, 11) is 0. The van der Waals surface area contributed by atoms with Crippen LogP contribution in [0.15, 0.2) is 16.1 Å². The molecule has 1 N–H and O–H groups in total. The van der Waals surface area contributed by atoms with Crippen LogP contribution in [0, 0.1) is 0 Å². The zero-order valence-corrected chi connectivity index (χ0v) is 9.12. The van der Waals surface area contributed by atoms with E-state index in [-0.39, 0.29) is 6.04 Å².